The predicted molar refractivity (Wildman–Crippen MR) is 75.1 cm³/mol. The average molecular weight is 303 g/mol. The van der Waals surface area contributed by atoms with Crippen LogP contribution in [0.25, 0.3) is 0 Å². The van der Waals surface area contributed by atoms with Crippen LogP contribution in [0, 0.1) is 6.92 Å². The number of oxime groups is 1. The number of nitrogens with two attached hydrogens (primary N) is 1. The fourth-order valence-electron chi connectivity index (χ4n) is 1.69. The highest BCUT2D eigenvalue weighted by atomic mass is 32.2. The number of sulfonamides is 1. The third-order valence-corrected chi connectivity index (χ3v) is 4.78. The molecule has 0 spiro atoms. The fraction of sp³-hybridized carbons (Fsp3) is 0.636. The molecule has 1 unspecified atom stereocenters. The van der Waals surface area contributed by atoms with Crippen molar-refractivity contribution in [2.24, 2.45) is 10.9 Å². The number of imidazole rings is 1. The molecule has 0 saturated heterocycles. The van der Waals surface area contributed by atoms with Gasteiger partial charge in [-0.3, -0.25) is 0 Å². The van der Waals surface area contributed by atoms with Gasteiger partial charge in [-0.25, -0.2) is 13.4 Å². The second kappa shape index (κ2) is 5.80. The zero-order valence-electron chi connectivity index (χ0n) is 12.1. The Morgan fingerprint density at radius 2 is 2.20 bits per heavy atom. The second-order valence-electron chi connectivity index (χ2n) is 4.69. The Kier molecular flexibility index (Phi) is 4.77. The Bertz CT molecular complexity index is 608. The molecular formula is C11H21N5O3S. The van der Waals surface area contributed by atoms with Crippen molar-refractivity contribution in [2.75, 3.05) is 0 Å². The van der Waals surface area contributed by atoms with Crippen LogP contribution < -0.4 is 10.5 Å². The van der Waals surface area contributed by atoms with Crippen molar-refractivity contribution in [2.45, 2.75) is 51.2 Å². The molecule has 0 radical (unpaired) electrons. The summed E-state index contributed by atoms with van der Waals surface area (Å²) in [6.45, 7) is 7.52. The third-order valence-electron chi connectivity index (χ3n) is 3.31. The first-order valence-electron chi connectivity index (χ1n) is 6.26. The lowest BCUT2D eigenvalue weighted by Crippen LogP contribution is -2.54. The van der Waals surface area contributed by atoms with Crippen LogP contribution in [0.15, 0.2) is 16.4 Å². The first kappa shape index (κ1) is 16.4. The largest absolute Gasteiger partial charge is 0.409 e. The molecule has 4 N–H and O–H groups in total. The first-order valence-corrected chi connectivity index (χ1v) is 7.74. The standard InChI is InChI=1S/C11H21N5O3S/c1-5-11(4,10(12)14-17)15-20(18,19)9-7-16(6-2)8(3)13-9/h7,15,17H,5-6H2,1-4H3,(H2,12,14). The fourth-order valence-corrected chi connectivity index (χ4v) is 3.16. The summed E-state index contributed by atoms with van der Waals surface area (Å²) in [5, 5.41) is 11.6. The summed E-state index contributed by atoms with van der Waals surface area (Å²) >= 11 is 0. The van der Waals surface area contributed by atoms with E-state index in [0.29, 0.717) is 18.8 Å². The summed E-state index contributed by atoms with van der Waals surface area (Å²) in [5.74, 6) is 0.407. The van der Waals surface area contributed by atoms with Crippen LogP contribution in [0.5, 0.6) is 0 Å². The van der Waals surface area contributed by atoms with E-state index in [2.05, 4.69) is 14.9 Å². The van der Waals surface area contributed by atoms with E-state index >= 15 is 0 Å². The maximum Gasteiger partial charge on any atom is 0.260 e. The van der Waals surface area contributed by atoms with Gasteiger partial charge in [0.2, 0.25) is 0 Å². The van der Waals surface area contributed by atoms with Gasteiger partial charge in [0.15, 0.2) is 10.9 Å². The number of aryl methyl sites for hydroxylation is 2. The monoisotopic (exact) mass is 303 g/mol. The molecule has 0 aliphatic rings. The highest BCUT2D eigenvalue weighted by Crippen LogP contribution is 2.16. The molecule has 1 atom stereocenters. The minimum atomic E-state index is -3.85. The second-order valence-corrected chi connectivity index (χ2v) is 6.32. The zero-order valence-corrected chi connectivity index (χ0v) is 12.9. The number of aromatic nitrogens is 2. The van der Waals surface area contributed by atoms with Gasteiger partial charge in [-0.2, -0.15) is 4.72 Å². The van der Waals surface area contributed by atoms with Gasteiger partial charge in [0.05, 0.1) is 5.54 Å². The van der Waals surface area contributed by atoms with Gasteiger partial charge >= 0.3 is 0 Å². The van der Waals surface area contributed by atoms with Crippen molar-refractivity contribution in [3.05, 3.63) is 12.0 Å². The predicted octanol–water partition coefficient (Wildman–Crippen LogP) is 0.405. The van der Waals surface area contributed by atoms with E-state index in [-0.39, 0.29) is 10.9 Å². The third kappa shape index (κ3) is 3.10. The highest BCUT2D eigenvalue weighted by Gasteiger charge is 2.34. The molecule has 8 nitrogen and oxygen atoms in total. The van der Waals surface area contributed by atoms with E-state index in [4.69, 9.17) is 10.9 Å². The molecule has 0 aromatic carbocycles. The van der Waals surface area contributed by atoms with Crippen molar-refractivity contribution < 1.29 is 13.6 Å². The summed E-state index contributed by atoms with van der Waals surface area (Å²) < 4.78 is 28.8. The summed E-state index contributed by atoms with van der Waals surface area (Å²) in [7, 11) is -3.85. The Labute approximate surface area is 118 Å². The Hall–Kier alpha value is -1.61. The number of rotatable bonds is 6. The van der Waals surface area contributed by atoms with Crippen molar-refractivity contribution in [3.8, 4) is 0 Å². The maximum atomic E-state index is 12.3. The van der Waals surface area contributed by atoms with E-state index in [9.17, 15) is 8.42 Å². The molecule has 0 fully saturated rings. The van der Waals surface area contributed by atoms with Crippen molar-refractivity contribution >= 4 is 15.9 Å². The van der Waals surface area contributed by atoms with E-state index < -0.39 is 15.6 Å². The van der Waals surface area contributed by atoms with Crippen LogP contribution >= 0.6 is 0 Å². The summed E-state index contributed by atoms with van der Waals surface area (Å²) in [6, 6.07) is 0. The van der Waals surface area contributed by atoms with Gasteiger partial charge in [-0.1, -0.05) is 12.1 Å². The quantitative estimate of drug-likeness (QED) is 0.304. The molecule has 1 aromatic heterocycles. The lowest BCUT2D eigenvalue weighted by Gasteiger charge is -2.26. The molecule has 20 heavy (non-hydrogen) atoms. The molecule has 0 saturated carbocycles. The smallest absolute Gasteiger partial charge is 0.260 e. The van der Waals surface area contributed by atoms with E-state index in [0.717, 1.165) is 0 Å². The van der Waals surface area contributed by atoms with Crippen LogP contribution in [-0.2, 0) is 16.6 Å². The van der Waals surface area contributed by atoms with E-state index in [1.54, 1.807) is 25.3 Å². The van der Waals surface area contributed by atoms with Gasteiger partial charge in [0, 0.05) is 12.7 Å². The van der Waals surface area contributed by atoms with Gasteiger partial charge in [0.25, 0.3) is 10.0 Å². The van der Waals surface area contributed by atoms with Crippen LogP contribution in [0.2, 0.25) is 0 Å². The van der Waals surface area contributed by atoms with E-state index in [1.165, 1.54) is 6.20 Å². The van der Waals surface area contributed by atoms with E-state index in [1.807, 2.05) is 6.92 Å². The SMILES string of the molecule is CCn1cc(S(=O)(=O)NC(C)(CC)C(N)=NO)nc1C. The number of nitrogens with zero attached hydrogens (tertiary/aromatic N) is 3. The topological polar surface area (TPSA) is 123 Å². The van der Waals surface area contributed by atoms with Gasteiger partial charge < -0.3 is 15.5 Å². The average Bonchev–Trinajstić information content (AvgIpc) is 2.79. The molecule has 0 amide bonds. The number of nitrogens with one attached hydrogen (secondary N) is 1. The first-order chi connectivity index (χ1) is 9.20. The molecule has 1 aromatic rings. The van der Waals surface area contributed by atoms with Crippen LogP contribution in [0.1, 0.15) is 33.0 Å². The minimum Gasteiger partial charge on any atom is -0.409 e. The van der Waals surface area contributed by atoms with Crippen LogP contribution in [0.4, 0.5) is 0 Å². The number of hydrogen-bond donors (Lipinski definition) is 3. The Morgan fingerprint density at radius 1 is 1.60 bits per heavy atom. The molecule has 9 heteroatoms. The lowest BCUT2D eigenvalue weighted by atomic mass is 10.00. The number of amidine groups is 1. The van der Waals surface area contributed by atoms with Gasteiger partial charge in [-0.15, -0.1) is 0 Å². The Morgan fingerprint density at radius 3 is 2.60 bits per heavy atom. The van der Waals surface area contributed by atoms with Gasteiger partial charge in [0.1, 0.15) is 5.82 Å². The van der Waals surface area contributed by atoms with Crippen molar-refractivity contribution in [3.63, 3.8) is 0 Å². The van der Waals surface area contributed by atoms with Crippen molar-refractivity contribution in [1.29, 1.82) is 0 Å². The zero-order chi connectivity index (χ0) is 15.6. The molecule has 1 rings (SSSR count). The summed E-state index contributed by atoms with van der Waals surface area (Å²) in [6.07, 6.45) is 1.79. The number of hydrogen-bond acceptors (Lipinski definition) is 5. The molecule has 0 aliphatic heterocycles. The van der Waals surface area contributed by atoms with Crippen LogP contribution in [-0.4, -0.2) is 34.6 Å². The maximum absolute atomic E-state index is 12.3. The summed E-state index contributed by atoms with van der Waals surface area (Å²) in [4.78, 5) is 4.03. The molecule has 0 aliphatic carbocycles. The highest BCUT2D eigenvalue weighted by molar-refractivity contribution is 7.89. The summed E-state index contributed by atoms with van der Waals surface area (Å²) in [5.41, 5.74) is 4.39. The minimum absolute atomic E-state index is 0.0812. The van der Waals surface area contributed by atoms with Crippen molar-refractivity contribution in [1.82, 2.24) is 14.3 Å². The molecule has 0 bridgehead atoms. The lowest BCUT2D eigenvalue weighted by molar-refractivity contribution is 0.310. The molecule has 1 heterocycles. The molecular weight excluding hydrogens is 282 g/mol. The molecule has 114 valence electrons. The normalized spacial score (nSPS) is 16.1. The Balaban J connectivity index is 3.17. The van der Waals surface area contributed by atoms with Gasteiger partial charge in [-0.05, 0) is 27.2 Å². The van der Waals surface area contributed by atoms with Crippen LogP contribution in [0.3, 0.4) is 0 Å².